The molecular formula is C31H23NO7. The van der Waals surface area contributed by atoms with Gasteiger partial charge in [0, 0.05) is 29.7 Å². The molecule has 0 fully saturated rings. The third-order valence-corrected chi connectivity index (χ3v) is 7.80. The number of benzene rings is 3. The number of nitrogens with zero attached hydrogens (tertiary/aromatic N) is 1. The number of esters is 1. The number of pyridine rings is 1. The van der Waals surface area contributed by atoms with E-state index in [0.29, 0.717) is 29.0 Å². The molecule has 0 saturated heterocycles. The monoisotopic (exact) mass is 521 g/mol. The van der Waals surface area contributed by atoms with Crippen LogP contribution in [-0.2, 0) is 17.8 Å². The third-order valence-electron chi connectivity index (χ3n) is 7.80. The highest BCUT2D eigenvalue weighted by Gasteiger charge is 2.36. The van der Waals surface area contributed by atoms with Crippen molar-refractivity contribution in [1.82, 2.24) is 4.57 Å². The summed E-state index contributed by atoms with van der Waals surface area (Å²) in [4.78, 5) is 40.2. The number of aryl methyl sites for hydroxylation is 2. The van der Waals surface area contributed by atoms with Crippen molar-refractivity contribution in [2.24, 2.45) is 0 Å². The van der Waals surface area contributed by atoms with Gasteiger partial charge < -0.3 is 23.6 Å². The Morgan fingerprint density at radius 2 is 1.87 bits per heavy atom. The maximum absolute atomic E-state index is 13.8. The highest BCUT2D eigenvalue weighted by molar-refractivity contribution is 5.94. The second kappa shape index (κ2) is 8.59. The summed E-state index contributed by atoms with van der Waals surface area (Å²) in [5.41, 5.74) is 3.19. The standard InChI is InChI=1S/C31H23NO7/c1-37-19-9-7-16(8-10-19)22-15-38-30-26-20(13-25(34)39-24(26)14-23(33)27(30)29(22)35)21-12-18-5-2-4-17-6-3-11-32(28(17)18)31(21)36/h2,4-5,7-10,12,14-15,20,33H,3,6,11,13H2,1H3. The van der Waals surface area contributed by atoms with E-state index in [4.69, 9.17) is 13.9 Å². The number of phenols is 1. The predicted molar refractivity (Wildman–Crippen MR) is 145 cm³/mol. The van der Waals surface area contributed by atoms with Gasteiger partial charge in [0.25, 0.3) is 5.56 Å². The first-order valence-electron chi connectivity index (χ1n) is 12.8. The number of phenolic OH excluding ortho intramolecular Hbond substituents is 1. The van der Waals surface area contributed by atoms with Crippen molar-refractivity contribution in [3.05, 3.63) is 98.1 Å². The molecule has 8 nitrogen and oxygen atoms in total. The Kier molecular flexibility index (Phi) is 5.13. The summed E-state index contributed by atoms with van der Waals surface area (Å²) >= 11 is 0. The molecular weight excluding hydrogens is 498 g/mol. The van der Waals surface area contributed by atoms with E-state index in [-0.39, 0.29) is 40.0 Å². The number of carbonyl (C=O) groups is 1. The van der Waals surface area contributed by atoms with Gasteiger partial charge in [0.15, 0.2) is 0 Å². The van der Waals surface area contributed by atoms with Crippen molar-refractivity contribution in [2.45, 2.75) is 31.7 Å². The fourth-order valence-electron chi connectivity index (χ4n) is 6.00. The summed E-state index contributed by atoms with van der Waals surface area (Å²) < 4.78 is 18.5. The average molecular weight is 522 g/mol. The molecule has 1 atom stereocenters. The first-order valence-corrected chi connectivity index (χ1v) is 12.8. The molecule has 0 bridgehead atoms. The molecule has 8 heteroatoms. The van der Waals surface area contributed by atoms with E-state index < -0.39 is 17.3 Å². The van der Waals surface area contributed by atoms with Gasteiger partial charge in [0.05, 0.1) is 24.6 Å². The number of methoxy groups -OCH3 is 1. The summed E-state index contributed by atoms with van der Waals surface area (Å²) in [6.07, 6.45) is 2.99. The van der Waals surface area contributed by atoms with Gasteiger partial charge in [-0.25, -0.2) is 0 Å². The highest BCUT2D eigenvalue weighted by Crippen LogP contribution is 2.45. The van der Waals surface area contributed by atoms with Crippen LogP contribution in [0.4, 0.5) is 0 Å². The van der Waals surface area contributed by atoms with E-state index in [0.717, 1.165) is 29.3 Å². The molecule has 39 heavy (non-hydrogen) atoms. The van der Waals surface area contributed by atoms with Crippen LogP contribution in [0.1, 0.15) is 35.4 Å². The Labute approximate surface area is 221 Å². The molecule has 2 aliphatic heterocycles. The maximum atomic E-state index is 13.8. The molecule has 0 amide bonds. The van der Waals surface area contributed by atoms with Crippen LogP contribution in [0, 0.1) is 0 Å². The van der Waals surface area contributed by atoms with Crippen LogP contribution < -0.4 is 20.5 Å². The number of rotatable bonds is 3. The lowest BCUT2D eigenvalue weighted by Crippen LogP contribution is -2.31. The molecule has 7 rings (SSSR count). The van der Waals surface area contributed by atoms with E-state index in [1.807, 2.05) is 24.3 Å². The SMILES string of the molecule is COc1ccc(-c2coc3c4c(cc(O)c3c2=O)OC(=O)CC4c2cc3cccc4c3n(c2=O)CCC4)cc1. The normalized spacial score (nSPS) is 16.2. The Morgan fingerprint density at radius 3 is 2.67 bits per heavy atom. The van der Waals surface area contributed by atoms with Gasteiger partial charge in [0.2, 0.25) is 5.43 Å². The Hall–Kier alpha value is -4.85. The Morgan fingerprint density at radius 1 is 1.05 bits per heavy atom. The first-order chi connectivity index (χ1) is 18.9. The molecule has 194 valence electrons. The number of para-hydroxylation sites is 1. The minimum Gasteiger partial charge on any atom is -0.507 e. The number of carbonyl (C=O) groups excluding carboxylic acids is 1. The third kappa shape index (κ3) is 3.48. The zero-order valence-electron chi connectivity index (χ0n) is 21.0. The van der Waals surface area contributed by atoms with E-state index >= 15 is 0 Å². The van der Waals surface area contributed by atoms with Crippen LogP contribution in [0.25, 0.3) is 33.0 Å². The summed E-state index contributed by atoms with van der Waals surface area (Å²) in [5, 5.41) is 11.8. The predicted octanol–water partition coefficient (Wildman–Crippen LogP) is 4.88. The van der Waals surface area contributed by atoms with Crippen LogP contribution in [-0.4, -0.2) is 22.8 Å². The van der Waals surface area contributed by atoms with Crippen molar-refractivity contribution < 1.29 is 23.8 Å². The molecule has 0 saturated carbocycles. The van der Waals surface area contributed by atoms with Gasteiger partial charge >= 0.3 is 5.97 Å². The van der Waals surface area contributed by atoms with Crippen LogP contribution in [0.15, 0.2) is 74.9 Å². The molecule has 2 aliphatic rings. The molecule has 0 aliphatic carbocycles. The fourth-order valence-corrected chi connectivity index (χ4v) is 6.00. The lowest BCUT2D eigenvalue weighted by atomic mass is 9.84. The zero-order valence-corrected chi connectivity index (χ0v) is 21.0. The number of hydrogen-bond acceptors (Lipinski definition) is 7. The summed E-state index contributed by atoms with van der Waals surface area (Å²) in [6, 6.07) is 16.0. The number of ether oxygens (including phenoxy) is 2. The molecule has 3 aromatic carbocycles. The van der Waals surface area contributed by atoms with Gasteiger partial charge in [-0.1, -0.05) is 30.3 Å². The van der Waals surface area contributed by atoms with Gasteiger partial charge in [0.1, 0.15) is 34.5 Å². The van der Waals surface area contributed by atoms with Gasteiger partial charge in [-0.2, -0.15) is 0 Å². The quantitative estimate of drug-likeness (QED) is 0.266. The molecule has 0 spiro atoms. The van der Waals surface area contributed by atoms with E-state index in [1.165, 1.54) is 12.3 Å². The number of aromatic hydroxyl groups is 1. The molecule has 0 radical (unpaired) electrons. The number of fused-ring (bicyclic) bond motifs is 3. The second-order valence-corrected chi connectivity index (χ2v) is 9.96. The highest BCUT2D eigenvalue weighted by atomic mass is 16.5. The summed E-state index contributed by atoms with van der Waals surface area (Å²) in [7, 11) is 1.55. The molecule has 2 aromatic heterocycles. The number of aromatic nitrogens is 1. The molecule has 1 unspecified atom stereocenters. The summed E-state index contributed by atoms with van der Waals surface area (Å²) in [5.74, 6) is -0.899. The topological polar surface area (TPSA) is 108 Å². The largest absolute Gasteiger partial charge is 0.507 e. The average Bonchev–Trinajstić information content (AvgIpc) is 2.94. The smallest absolute Gasteiger partial charge is 0.312 e. The molecule has 5 aromatic rings. The fraction of sp³-hybridized carbons (Fsp3) is 0.194. The first kappa shape index (κ1) is 23.3. The number of hydrogen-bond donors (Lipinski definition) is 1. The van der Waals surface area contributed by atoms with Crippen molar-refractivity contribution >= 4 is 27.8 Å². The maximum Gasteiger partial charge on any atom is 0.312 e. The molecule has 4 heterocycles. The van der Waals surface area contributed by atoms with Crippen LogP contribution in [0.2, 0.25) is 0 Å². The van der Waals surface area contributed by atoms with Crippen molar-refractivity contribution in [3.8, 4) is 28.4 Å². The van der Waals surface area contributed by atoms with E-state index in [2.05, 4.69) is 0 Å². The summed E-state index contributed by atoms with van der Waals surface area (Å²) in [6.45, 7) is 0.584. The van der Waals surface area contributed by atoms with Gasteiger partial charge in [-0.3, -0.25) is 14.4 Å². The second-order valence-electron chi connectivity index (χ2n) is 9.96. The van der Waals surface area contributed by atoms with Crippen molar-refractivity contribution in [3.63, 3.8) is 0 Å². The Balaban J connectivity index is 1.48. The van der Waals surface area contributed by atoms with Crippen molar-refractivity contribution in [2.75, 3.05) is 7.11 Å². The minimum atomic E-state index is -0.717. The van der Waals surface area contributed by atoms with Crippen LogP contribution in [0.5, 0.6) is 17.2 Å². The Bertz CT molecular complexity index is 1950. The van der Waals surface area contributed by atoms with Crippen LogP contribution in [0.3, 0.4) is 0 Å². The van der Waals surface area contributed by atoms with Crippen molar-refractivity contribution in [1.29, 1.82) is 0 Å². The zero-order chi connectivity index (χ0) is 26.8. The lowest BCUT2D eigenvalue weighted by Gasteiger charge is -2.27. The lowest BCUT2D eigenvalue weighted by molar-refractivity contribution is -0.135. The van der Waals surface area contributed by atoms with E-state index in [1.54, 1.807) is 35.9 Å². The minimum absolute atomic E-state index is 0.0328. The van der Waals surface area contributed by atoms with Crippen LogP contribution >= 0.6 is 0 Å². The van der Waals surface area contributed by atoms with Gasteiger partial charge in [-0.15, -0.1) is 0 Å². The van der Waals surface area contributed by atoms with Gasteiger partial charge in [-0.05, 0) is 47.6 Å². The van der Waals surface area contributed by atoms with E-state index in [9.17, 15) is 19.5 Å². The molecule has 1 N–H and O–H groups in total.